The van der Waals surface area contributed by atoms with Gasteiger partial charge in [0, 0.05) is 27.6 Å². The van der Waals surface area contributed by atoms with Gasteiger partial charge in [-0.2, -0.15) is 13.2 Å². The third-order valence-electron chi connectivity index (χ3n) is 2.87. The smallest absolute Gasteiger partial charge is 0.396 e. The summed E-state index contributed by atoms with van der Waals surface area (Å²) in [4.78, 5) is 5.13. The highest BCUT2D eigenvalue weighted by Gasteiger charge is 2.31. The summed E-state index contributed by atoms with van der Waals surface area (Å²) in [7, 11) is 0. The number of aliphatic hydroxyl groups excluding tert-OH is 1. The molecule has 0 bridgehead atoms. The van der Waals surface area contributed by atoms with Gasteiger partial charge >= 0.3 is 6.18 Å². The number of aryl methyl sites for hydroxylation is 1. The van der Waals surface area contributed by atoms with Gasteiger partial charge in [-0.25, -0.2) is 0 Å². The van der Waals surface area contributed by atoms with Crippen molar-refractivity contribution in [2.24, 2.45) is 0 Å². The van der Waals surface area contributed by atoms with Gasteiger partial charge < -0.3 is 5.11 Å². The first-order valence-corrected chi connectivity index (χ1v) is 7.70. The molecule has 2 nitrogen and oxygen atoms in total. The zero-order valence-corrected chi connectivity index (χ0v) is 13.0. The van der Waals surface area contributed by atoms with E-state index in [2.05, 4.69) is 4.98 Å². The van der Waals surface area contributed by atoms with Crippen molar-refractivity contribution in [3.8, 4) is 0 Å². The number of pyridine rings is 1. The third kappa shape index (κ3) is 4.63. The van der Waals surface area contributed by atoms with Crippen LogP contribution in [0.5, 0.6) is 0 Å². The molecule has 0 aliphatic carbocycles. The van der Waals surface area contributed by atoms with Crippen molar-refractivity contribution in [1.29, 1.82) is 0 Å². The number of aromatic nitrogens is 1. The zero-order chi connectivity index (χ0) is 16.2. The highest BCUT2D eigenvalue weighted by molar-refractivity contribution is 7.99. The minimum Gasteiger partial charge on any atom is -0.396 e. The van der Waals surface area contributed by atoms with E-state index in [0.717, 1.165) is 17.2 Å². The lowest BCUT2D eigenvalue weighted by molar-refractivity contribution is -0.138. The molecule has 0 atom stereocenters. The van der Waals surface area contributed by atoms with Gasteiger partial charge in [0.15, 0.2) is 0 Å². The number of hydrogen-bond acceptors (Lipinski definition) is 3. The van der Waals surface area contributed by atoms with Crippen LogP contribution in [0, 0.1) is 0 Å². The summed E-state index contributed by atoms with van der Waals surface area (Å²) in [5.41, 5.74) is -0.237. The largest absolute Gasteiger partial charge is 0.417 e. The van der Waals surface area contributed by atoms with Gasteiger partial charge in [-0.15, -0.1) is 0 Å². The average molecular weight is 348 g/mol. The molecular formula is C15H13ClF3NOS. The molecule has 0 aliphatic heterocycles. The standard InChI is InChI=1S/C15H13ClF3NOS/c16-11-3-5-12(6-4-11)22-14-8-10(15(17,18)19)9-20-13(14)2-1-7-21/h3-6,8-9,21H,1-2,7H2. The molecule has 1 heterocycles. The SMILES string of the molecule is OCCCc1ncc(C(F)(F)F)cc1Sc1ccc(Cl)cc1. The molecule has 2 rings (SSSR count). The molecule has 22 heavy (non-hydrogen) atoms. The van der Waals surface area contributed by atoms with Gasteiger partial charge in [-0.1, -0.05) is 23.4 Å². The van der Waals surface area contributed by atoms with Gasteiger partial charge in [0.1, 0.15) is 0 Å². The van der Waals surface area contributed by atoms with Crippen LogP contribution >= 0.6 is 23.4 Å². The van der Waals surface area contributed by atoms with Crippen molar-refractivity contribution in [1.82, 2.24) is 4.98 Å². The summed E-state index contributed by atoms with van der Waals surface area (Å²) in [6.45, 7) is -0.0340. The number of aliphatic hydroxyl groups is 1. The zero-order valence-electron chi connectivity index (χ0n) is 11.4. The Bertz CT molecular complexity index is 632. The van der Waals surface area contributed by atoms with Crippen LogP contribution in [0.25, 0.3) is 0 Å². The summed E-state index contributed by atoms with van der Waals surface area (Å²) in [6, 6.07) is 7.93. The first-order valence-electron chi connectivity index (χ1n) is 6.50. The summed E-state index contributed by atoms with van der Waals surface area (Å²) >= 11 is 7.00. The maximum atomic E-state index is 12.8. The summed E-state index contributed by atoms with van der Waals surface area (Å²) < 4.78 is 38.5. The van der Waals surface area contributed by atoms with Crippen LogP contribution in [0.3, 0.4) is 0 Å². The van der Waals surface area contributed by atoms with Crippen molar-refractivity contribution in [3.63, 3.8) is 0 Å². The Labute approximate surface area is 135 Å². The van der Waals surface area contributed by atoms with Gasteiger partial charge in [-0.05, 0) is 43.2 Å². The predicted octanol–water partition coefficient (Wildman–Crippen LogP) is 4.83. The van der Waals surface area contributed by atoms with Crippen molar-refractivity contribution >= 4 is 23.4 Å². The van der Waals surface area contributed by atoms with Crippen LogP contribution in [0.2, 0.25) is 5.02 Å². The molecule has 0 aliphatic rings. The van der Waals surface area contributed by atoms with Gasteiger partial charge in [0.25, 0.3) is 0 Å². The summed E-state index contributed by atoms with van der Waals surface area (Å²) in [5, 5.41) is 9.46. The second-order valence-electron chi connectivity index (χ2n) is 4.55. The fourth-order valence-electron chi connectivity index (χ4n) is 1.78. The van der Waals surface area contributed by atoms with Crippen molar-refractivity contribution in [2.45, 2.75) is 28.8 Å². The quantitative estimate of drug-likeness (QED) is 0.841. The topological polar surface area (TPSA) is 33.1 Å². The molecule has 7 heteroatoms. The number of benzene rings is 1. The Morgan fingerprint density at radius 3 is 2.45 bits per heavy atom. The average Bonchev–Trinajstić information content (AvgIpc) is 2.47. The normalized spacial score (nSPS) is 11.7. The second-order valence-corrected chi connectivity index (χ2v) is 6.10. The molecule has 1 aromatic heterocycles. The first kappa shape index (κ1) is 17.1. The minimum absolute atomic E-state index is 0.0340. The fourth-order valence-corrected chi connectivity index (χ4v) is 2.89. The van der Waals surface area contributed by atoms with E-state index in [4.69, 9.17) is 16.7 Å². The lowest BCUT2D eigenvalue weighted by Gasteiger charge is -2.12. The van der Waals surface area contributed by atoms with Crippen LogP contribution in [0.15, 0.2) is 46.3 Å². The lowest BCUT2D eigenvalue weighted by atomic mass is 10.2. The Hall–Kier alpha value is -1.24. The van der Waals surface area contributed by atoms with E-state index < -0.39 is 11.7 Å². The summed E-state index contributed by atoms with van der Waals surface area (Å²) in [5.74, 6) is 0. The molecule has 2 aromatic rings. The van der Waals surface area contributed by atoms with E-state index in [9.17, 15) is 13.2 Å². The van der Waals surface area contributed by atoms with Crippen LogP contribution < -0.4 is 0 Å². The molecule has 0 fully saturated rings. The van der Waals surface area contributed by atoms with Crippen LogP contribution in [0.4, 0.5) is 13.2 Å². The third-order valence-corrected chi connectivity index (χ3v) is 4.20. The van der Waals surface area contributed by atoms with Crippen LogP contribution in [-0.2, 0) is 12.6 Å². The van der Waals surface area contributed by atoms with Crippen molar-refractivity contribution < 1.29 is 18.3 Å². The molecule has 0 unspecified atom stereocenters. The number of rotatable bonds is 5. The monoisotopic (exact) mass is 347 g/mol. The second kappa shape index (κ2) is 7.35. The molecular weight excluding hydrogens is 335 g/mol. The molecule has 0 saturated carbocycles. The Balaban J connectivity index is 2.33. The first-order chi connectivity index (χ1) is 10.4. The Kier molecular flexibility index (Phi) is 5.72. The molecule has 1 N–H and O–H groups in total. The van der Waals surface area contributed by atoms with Crippen LogP contribution in [0.1, 0.15) is 17.7 Å². The molecule has 1 aromatic carbocycles. The van der Waals surface area contributed by atoms with E-state index in [-0.39, 0.29) is 6.61 Å². The van der Waals surface area contributed by atoms with Crippen LogP contribution in [-0.4, -0.2) is 16.7 Å². The number of alkyl halides is 3. The van der Waals surface area contributed by atoms with E-state index in [1.807, 2.05) is 0 Å². The number of nitrogens with zero attached hydrogens (tertiary/aromatic N) is 1. The van der Waals surface area contributed by atoms with Crippen molar-refractivity contribution in [3.05, 3.63) is 52.8 Å². The van der Waals surface area contributed by atoms with Gasteiger partial charge in [-0.3, -0.25) is 4.98 Å². The summed E-state index contributed by atoms with van der Waals surface area (Å²) in [6.07, 6.45) is -2.73. The molecule has 0 saturated heterocycles. The highest BCUT2D eigenvalue weighted by Crippen LogP contribution is 2.36. The highest BCUT2D eigenvalue weighted by atomic mass is 35.5. The van der Waals surface area contributed by atoms with Crippen molar-refractivity contribution in [2.75, 3.05) is 6.61 Å². The molecule has 0 spiro atoms. The Morgan fingerprint density at radius 2 is 1.86 bits per heavy atom. The molecule has 0 amide bonds. The lowest BCUT2D eigenvalue weighted by Crippen LogP contribution is -2.07. The number of halogens is 4. The van der Waals surface area contributed by atoms with E-state index >= 15 is 0 Å². The van der Waals surface area contributed by atoms with E-state index in [0.29, 0.717) is 28.5 Å². The maximum absolute atomic E-state index is 12.8. The molecule has 118 valence electrons. The minimum atomic E-state index is -4.43. The maximum Gasteiger partial charge on any atom is 0.417 e. The van der Waals surface area contributed by atoms with E-state index in [1.54, 1.807) is 24.3 Å². The van der Waals surface area contributed by atoms with E-state index in [1.165, 1.54) is 11.8 Å². The van der Waals surface area contributed by atoms with Gasteiger partial charge in [0.2, 0.25) is 0 Å². The fraction of sp³-hybridized carbons (Fsp3) is 0.267. The number of hydrogen-bond donors (Lipinski definition) is 1. The van der Waals surface area contributed by atoms with Gasteiger partial charge in [0.05, 0.1) is 11.3 Å². The molecule has 0 radical (unpaired) electrons. The Morgan fingerprint density at radius 1 is 1.18 bits per heavy atom. The predicted molar refractivity (Wildman–Crippen MR) is 80.2 cm³/mol.